The van der Waals surface area contributed by atoms with Crippen molar-refractivity contribution in [1.29, 1.82) is 0 Å². The van der Waals surface area contributed by atoms with Crippen molar-refractivity contribution < 1.29 is 45.1 Å². The van der Waals surface area contributed by atoms with Crippen LogP contribution in [-0.4, -0.2) is 0 Å². The molecule has 0 aliphatic rings. The summed E-state index contributed by atoms with van der Waals surface area (Å²) >= 11 is 0. The molecule has 0 aromatic rings. The van der Waals surface area contributed by atoms with E-state index in [1.54, 1.807) is 0 Å². The van der Waals surface area contributed by atoms with Gasteiger partial charge >= 0.3 is 29.6 Å². The average Bonchev–Trinajstić information content (AvgIpc) is 0. The van der Waals surface area contributed by atoms with E-state index in [2.05, 4.69) is 0 Å². The molecule has 0 saturated heterocycles. The third-order valence-corrected chi connectivity index (χ3v) is 0. The van der Waals surface area contributed by atoms with Crippen LogP contribution in [0.5, 0.6) is 0 Å². The fraction of sp³-hybridized carbons (Fsp3) is 0. The summed E-state index contributed by atoms with van der Waals surface area (Å²) in [6.07, 6.45) is 0. The maximum Gasteiger partial charge on any atom is 1.00 e. The minimum atomic E-state index is 0. The van der Waals surface area contributed by atoms with Crippen LogP contribution in [0.4, 0.5) is 14.1 Å². The summed E-state index contributed by atoms with van der Waals surface area (Å²) < 4.78 is 0. The van der Waals surface area contributed by atoms with E-state index in [0.717, 1.165) is 0 Å². The molecule has 0 aromatic carbocycles. The zero-order chi connectivity index (χ0) is 0. The van der Waals surface area contributed by atoms with Crippen molar-refractivity contribution in [2.75, 3.05) is 0 Å². The standard InChI is InChI=1S/3FH.H3N.Na.H/h3*1H;1H3;;/q;;;;+1;-1. The largest absolute Gasteiger partial charge is 1.00 e. The third-order valence-electron chi connectivity index (χ3n) is 0. The molecule has 0 bridgehead atoms. The average molecular weight is 101 g/mol. The maximum absolute atomic E-state index is 0. The van der Waals surface area contributed by atoms with Gasteiger partial charge in [-0.2, -0.15) is 0 Å². The molecule has 0 aliphatic carbocycles. The van der Waals surface area contributed by atoms with Gasteiger partial charge in [0, 0.05) is 0 Å². The molecule has 1 nitrogen and oxygen atoms in total. The Morgan fingerprint density at radius 2 is 0.800 bits per heavy atom. The quantitative estimate of drug-likeness (QED) is 0.343. The van der Waals surface area contributed by atoms with Crippen molar-refractivity contribution in [2.45, 2.75) is 0 Å². The van der Waals surface area contributed by atoms with Crippen molar-refractivity contribution in [2.24, 2.45) is 0 Å². The molecule has 0 spiro atoms. The van der Waals surface area contributed by atoms with Gasteiger partial charge in [0.1, 0.15) is 0 Å². The molecule has 0 rings (SSSR count). The van der Waals surface area contributed by atoms with Crippen LogP contribution in [0, 0.1) is 0 Å². The van der Waals surface area contributed by atoms with Gasteiger partial charge in [-0.15, -0.1) is 0 Å². The molecule has 0 fully saturated rings. The van der Waals surface area contributed by atoms with Gasteiger partial charge < -0.3 is 7.58 Å². The first-order chi connectivity index (χ1) is 0. The van der Waals surface area contributed by atoms with Gasteiger partial charge in [-0.1, -0.05) is 0 Å². The van der Waals surface area contributed by atoms with E-state index in [1.807, 2.05) is 0 Å². The summed E-state index contributed by atoms with van der Waals surface area (Å²) in [7, 11) is 0. The predicted octanol–water partition coefficient (Wildman–Crippen LogP) is -2.26. The van der Waals surface area contributed by atoms with Gasteiger partial charge in [-0.3, -0.25) is 14.1 Å². The van der Waals surface area contributed by atoms with Crippen LogP contribution >= 0.6 is 0 Å². The van der Waals surface area contributed by atoms with E-state index in [9.17, 15) is 0 Å². The number of rotatable bonds is 0. The molecule has 0 atom stereocenters. The second-order valence-electron chi connectivity index (χ2n) is 0. The number of hydrogen-bond acceptors (Lipinski definition) is 1. The van der Waals surface area contributed by atoms with Crippen LogP contribution in [0.15, 0.2) is 0 Å². The van der Waals surface area contributed by atoms with E-state index in [4.69, 9.17) is 0 Å². The minimum absolute atomic E-state index is 0. The molecule has 0 aliphatic heterocycles. The number of hydrogen-bond donors (Lipinski definition) is 1. The Morgan fingerprint density at radius 1 is 0.800 bits per heavy atom. The van der Waals surface area contributed by atoms with Gasteiger partial charge in [0.25, 0.3) is 0 Å². The molecule has 0 heterocycles. The third kappa shape index (κ3) is 63.9. The second-order valence-corrected chi connectivity index (χ2v) is 0. The Kier molecular flexibility index (Phi) is 5480. The van der Waals surface area contributed by atoms with E-state index in [-0.39, 0.29) is 51.2 Å². The number of halogens is 3. The maximum atomic E-state index is 0. The summed E-state index contributed by atoms with van der Waals surface area (Å²) in [5, 5.41) is 0. The Balaban J connectivity index is 0. The van der Waals surface area contributed by atoms with Crippen LogP contribution in [0.25, 0.3) is 0 Å². The molecule has 5 heavy (non-hydrogen) atoms. The van der Waals surface area contributed by atoms with Gasteiger partial charge in [-0.25, -0.2) is 0 Å². The minimum Gasteiger partial charge on any atom is -1.00 e. The van der Waals surface area contributed by atoms with Gasteiger partial charge in [0.15, 0.2) is 0 Å². The molecule has 3 N–H and O–H groups in total. The molecule has 34 valence electrons. The van der Waals surface area contributed by atoms with E-state index in [0.29, 0.717) is 0 Å². The molecule has 0 amide bonds. The molecule has 5 heteroatoms. The summed E-state index contributed by atoms with van der Waals surface area (Å²) in [6, 6.07) is 0. The zero-order valence-corrected chi connectivity index (χ0v) is 4.93. The van der Waals surface area contributed by atoms with Crippen molar-refractivity contribution in [3.63, 3.8) is 0 Å². The first kappa shape index (κ1) is 231. The Labute approximate surface area is 51.6 Å². The van der Waals surface area contributed by atoms with Gasteiger partial charge in [0.05, 0.1) is 0 Å². The van der Waals surface area contributed by atoms with Crippen LogP contribution in [0.3, 0.4) is 0 Å². The Hall–Kier alpha value is 0.750. The molecule has 0 aromatic heterocycles. The van der Waals surface area contributed by atoms with E-state index in [1.165, 1.54) is 0 Å². The molecule has 0 unspecified atom stereocenters. The van der Waals surface area contributed by atoms with Crippen LogP contribution in [-0.2, 0) is 0 Å². The fourth-order valence-corrected chi connectivity index (χ4v) is 0. The van der Waals surface area contributed by atoms with Crippen LogP contribution in [0.2, 0.25) is 0 Å². The summed E-state index contributed by atoms with van der Waals surface area (Å²) in [6.45, 7) is 0. The molecule has 0 radical (unpaired) electrons. The van der Waals surface area contributed by atoms with Crippen molar-refractivity contribution in [1.82, 2.24) is 6.15 Å². The van der Waals surface area contributed by atoms with Gasteiger partial charge in [0.2, 0.25) is 0 Å². The first-order valence-corrected chi connectivity index (χ1v) is 0. The van der Waals surface area contributed by atoms with Crippen molar-refractivity contribution >= 4 is 0 Å². The second kappa shape index (κ2) is 119. The summed E-state index contributed by atoms with van der Waals surface area (Å²) in [5.74, 6) is 0. The molecular formula is H7F3NNa. The fourth-order valence-electron chi connectivity index (χ4n) is 0. The topological polar surface area (TPSA) is 35.0 Å². The van der Waals surface area contributed by atoms with Crippen LogP contribution < -0.4 is 35.7 Å². The normalized spacial score (nSPS) is 0. The Bertz CT molecular complexity index is 10.8. The summed E-state index contributed by atoms with van der Waals surface area (Å²) in [4.78, 5) is 0. The van der Waals surface area contributed by atoms with Crippen LogP contribution in [0.1, 0.15) is 1.43 Å². The van der Waals surface area contributed by atoms with E-state index < -0.39 is 0 Å². The van der Waals surface area contributed by atoms with E-state index >= 15 is 0 Å². The van der Waals surface area contributed by atoms with Gasteiger partial charge in [-0.05, 0) is 0 Å². The predicted molar refractivity (Wildman–Crippen MR) is 13.6 cm³/mol. The molecular weight excluding hydrogens is 94.0 g/mol. The zero-order valence-electron chi connectivity index (χ0n) is 3.93. The SMILES string of the molecule is F.F.F.N.[H-].[Na+]. The molecule has 0 saturated carbocycles. The first-order valence-electron chi connectivity index (χ1n) is 0. The Morgan fingerprint density at radius 3 is 0.800 bits per heavy atom. The summed E-state index contributed by atoms with van der Waals surface area (Å²) in [5.41, 5.74) is 0. The van der Waals surface area contributed by atoms with Crippen molar-refractivity contribution in [3.8, 4) is 0 Å². The smallest absolute Gasteiger partial charge is 1.00 e. The monoisotopic (exact) mass is 101 g/mol. The van der Waals surface area contributed by atoms with Crippen molar-refractivity contribution in [3.05, 3.63) is 0 Å².